The second-order valence-electron chi connectivity index (χ2n) is 16.5. The van der Waals surface area contributed by atoms with Gasteiger partial charge in [-0.15, -0.1) is 0 Å². The number of fused-ring (bicyclic) bond motifs is 13. The van der Waals surface area contributed by atoms with Crippen LogP contribution < -0.4 is 4.90 Å². The highest BCUT2D eigenvalue weighted by Crippen LogP contribution is 2.58. The van der Waals surface area contributed by atoms with Crippen molar-refractivity contribution in [2.24, 2.45) is 0 Å². The Morgan fingerprint density at radius 1 is 0.438 bits per heavy atom. The number of para-hydroxylation sites is 5. The van der Waals surface area contributed by atoms with Crippen LogP contribution >= 0.6 is 0 Å². The maximum absolute atomic E-state index is 12.0. The fourth-order valence-corrected chi connectivity index (χ4v) is 10.8. The number of benzene rings is 8. The topological polar surface area (TPSA) is 97.6 Å². The Balaban J connectivity index is 1.34. The first kappa shape index (κ1) is 35.6. The summed E-state index contributed by atoms with van der Waals surface area (Å²) in [5, 5.41) is 40.0. The molecule has 0 spiro atoms. The van der Waals surface area contributed by atoms with Crippen molar-refractivity contribution >= 4 is 76.9 Å². The van der Waals surface area contributed by atoms with Crippen LogP contribution in [0.2, 0.25) is 0 Å². The molecule has 2 aliphatic rings. The average Bonchev–Trinajstić information content (AvgIpc) is 4.09. The number of hydrogen-bond acceptors (Lipinski definition) is 5. The van der Waals surface area contributed by atoms with Crippen molar-refractivity contribution in [2.45, 2.75) is 12.0 Å². The number of allylic oxidation sites excluding steroid dienone is 2. The Bertz CT molecular complexity index is 3770. The molecule has 296 valence electrons. The summed E-state index contributed by atoms with van der Waals surface area (Å²) in [5.41, 5.74) is 11.7. The monoisotopic (exact) mass is 816 g/mol. The van der Waals surface area contributed by atoms with E-state index in [9.17, 15) is 15.8 Å². The largest absolute Gasteiger partial charge is 0.456 e. The molecule has 1 aliphatic carbocycles. The zero-order valence-corrected chi connectivity index (χ0v) is 34.1. The number of hydrogen-bond donors (Lipinski definition) is 0. The van der Waals surface area contributed by atoms with Crippen LogP contribution in [0.1, 0.15) is 28.2 Å². The van der Waals surface area contributed by atoms with E-state index in [1.165, 1.54) is 0 Å². The first-order valence-electron chi connectivity index (χ1n) is 21.3. The van der Waals surface area contributed by atoms with Gasteiger partial charge in [0.2, 0.25) is 0 Å². The quantitative estimate of drug-likeness (QED) is 0.176. The van der Waals surface area contributed by atoms with E-state index in [1.807, 2.05) is 54.6 Å². The van der Waals surface area contributed by atoms with Gasteiger partial charge in [-0.1, -0.05) is 133 Å². The van der Waals surface area contributed by atoms with Gasteiger partial charge in [-0.2, -0.15) is 15.8 Å². The summed E-state index contributed by atoms with van der Waals surface area (Å²) in [6.07, 6.45) is 8.73. The van der Waals surface area contributed by atoms with E-state index in [1.54, 1.807) is 12.1 Å². The predicted octanol–water partition coefficient (Wildman–Crippen LogP) is 13.8. The van der Waals surface area contributed by atoms with E-state index in [4.69, 9.17) is 4.42 Å². The first-order chi connectivity index (χ1) is 31.7. The molecule has 4 heterocycles. The van der Waals surface area contributed by atoms with Crippen LogP contribution in [0.4, 0.5) is 11.4 Å². The summed E-state index contributed by atoms with van der Waals surface area (Å²) in [4.78, 5) is 2.41. The third-order valence-electron chi connectivity index (χ3n) is 13.3. The highest BCUT2D eigenvalue weighted by atomic mass is 16.3. The SMILES string of the molecule is N#Cc1ccc(-c2c(C#N)c(-n3c4ccccc4c4ccccc43)c(N3c4c(ccc5oc6ccccc6c45)C4C=CC=CC43)c(-n3c4ccccc4c4ccccc43)c2C#N)cc1. The Hall–Kier alpha value is -9.09. The predicted molar refractivity (Wildman–Crippen MR) is 255 cm³/mol. The Morgan fingerprint density at radius 3 is 1.47 bits per heavy atom. The van der Waals surface area contributed by atoms with Crippen molar-refractivity contribution in [1.29, 1.82) is 15.8 Å². The molecule has 8 aromatic carbocycles. The number of nitriles is 3. The van der Waals surface area contributed by atoms with Crippen LogP contribution in [0.15, 0.2) is 186 Å². The van der Waals surface area contributed by atoms with E-state index in [-0.39, 0.29) is 12.0 Å². The van der Waals surface area contributed by atoms with Crippen molar-refractivity contribution in [2.75, 3.05) is 4.90 Å². The zero-order chi connectivity index (χ0) is 42.6. The van der Waals surface area contributed by atoms with E-state index in [0.717, 1.165) is 82.5 Å². The zero-order valence-electron chi connectivity index (χ0n) is 34.1. The molecule has 13 rings (SSSR count). The molecule has 11 aromatic rings. The lowest BCUT2D eigenvalue weighted by Crippen LogP contribution is -2.31. The maximum atomic E-state index is 12.0. The van der Waals surface area contributed by atoms with Crippen LogP contribution in [-0.4, -0.2) is 15.2 Å². The maximum Gasteiger partial charge on any atom is 0.137 e. The highest BCUT2D eigenvalue weighted by Gasteiger charge is 2.44. The molecule has 0 amide bonds. The van der Waals surface area contributed by atoms with Gasteiger partial charge < -0.3 is 18.5 Å². The van der Waals surface area contributed by atoms with Crippen LogP contribution in [-0.2, 0) is 0 Å². The van der Waals surface area contributed by atoms with Gasteiger partial charge in [0.15, 0.2) is 0 Å². The fraction of sp³-hybridized carbons (Fsp3) is 0.0351. The normalized spacial score (nSPS) is 15.3. The van der Waals surface area contributed by atoms with Crippen LogP contribution in [0.5, 0.6) is 0 Å². The molecule has 7 heteroatoms. The van der Waals surface area contributed by atoms with Gasteiger partial charge in [-0.3, -0.25) is 0 Å². The molecule has 2 unspecified atom stereocenters. The lowest BCUT2D eigenvalue weighted by Gasteiger charge is -2.35. The number of aromatic nitrogens is 2. The minimum absolute atomic E-state index is 0.0654. The van der Waals surface area contributed by atoms with Crippen molar-refractivity contribution < 1.29 is 4.42 Å². The molecule has 0 radical (unpaired) electrons. The molecular formula is C57H32N6O. The van der Waals surface area contributed by atoms with E-state index in [0.29, 0.717) is 39.2 Å². The summed E-state index contributed by atoms with van der Waals surface area (Å²) in [5.74, 6) is -0.0654. The van der Waals surface area contributed by atoms with E-state index >= 15 is 0 Å². The summed E-state index contributed by atoms with van der Waals surface area (Å²) in [6.45, 7) is 0. The van der Waals surface area contributed by atoms with Crippen LogP contribution in [0.25, 0.3) is 88.1 Å². The molecule has 0 saturated carbocycles. The second kappa shape index (κ2) is 13.5. The molecule has 64 heavy (non-hydrogen) atoms. The molecule has 0 fully saturated rings. The molecule has 0 saturated heterocycles. The molecule has 2 atom stereocenters. The molecule has 1 aliphatic heterocycles. The smallest absolute Gasteiger partial charge is 0.137 e. The lowest BCUT2D eigenvalue weighted by atomic mass is 9.88. The first-order valence-corrected chi connectivity index (χ1v) is 21.3. The third kappa shape index (κ3) is 4.71. The van der Waals surface area contributed by atoms with Gasteiger partial charge in [0.05, 0.1) is 79.0 Å². The van der Waals surface area contributed by atoms with Crippen molar-refractivity contribution in [1.82, 2.24) is 9.13 Å². The lowest BCUT2D eigenvalue weighted by molar-refractivity contribution is 0.669. The number of rotatable bonds is 4. The van der Waals surface area contributed by atoms with Crippen LogP contribution in [0, 0.1) is 34.0 Å². The summed E-state index contributed by atoms with van der Waals surface area (Å²) in [7, 11) is 0. The molecule has 3 aromatic heterocycles. The van der Waals surface area contributed by atoms with Gasteiger partial charge in [0, 0.05) is 38.4 Å². The minimum atomic E-state index is -0.253. The Morgan fingerprint density at radius 2 is 0.938 bits per heavy atom. The standard InChI is InChI=1S/C57H32N6O/c58-31-34-25-27-35(28-26-34)52-43(32-59)55(61-45-19-7-1-13-36(45)37-14-2-8-20-46(37)61)57(56(44(52)33-60)62-47-21-9-3-15-38(47)39-16-4-10-22-48(39)62)63-49-23-11-5-17-40(49)41-29-30-51-53(54(41)63)42-18-6-12-24-50(42)64-51/h1-30,40,49H. The van der Waals surface area contributed by atoms with Gasteiger partial charge in [0.1, 0.15) is 23.3 Å². The number of anilines is 2. The number of nitrogens with zero attached hydrogens (tertiary/aromatic N) is 6. The molecular weight excluding hydrogens is 785 g/mol. The summed E-state index contributed by atoms with van der Waals surface area (Å²) < 4.78 is 11.1. The minimum Gasteiger partial charge on any atom is -0.456 e. The van der Waals surface area contributed by atoms with Crippen molar-refractivity contribution in [3.8, 4) is 40.7 Å². The molecule has 7 nitrogen and oxygen atoms in total. The Kier molecular flexibility index (Phi) is 7.49. The van der Waals surface area contributed by atoms with Gasteiger partial charge in [-0.25, -0.2) is 0 Å². The summed E-state index contributed by atoms with van der Waals surface area (Å²) in [6, 6.07) is 60.5. The van der Waals surface area contributed by atoms with Gasteiger partial charge >= 0.3 is 0 Å². The highest BCUT2D eigenvalue weighted by molar-refractivity contribution is 6.17. The third-order valence-corrected chi connectivity index (χ3v) is 13.3. The molecule has 0 bridgehead atoms. The summed E-state index contributed by atoms with van der Waals surface area (Å²) >= 11 is 0. The average molecular weight is 817 g/mol. The van der Waals surface area contributed by atoms with Crippen LogP contribution in [0.3, 0.4) is 0 Å². The van der Waals surface area contributed by atoms with E-state index < -0.39 is 0 Å². The van der Waals surface area contributed by atoms with Crippen molar-refractivity contribution in [3.63, 3.8) is 0 Å². The fourth-order valence-electron chi connectivity index (χ4n) is 10.8. The number of furan rings is 1. The van der Waals surface area contributed by atoms with E-state index in [2.05, 4.69) is 148 Å². The molecule has 0 N–H and O–H groups in total. The van der Waals surface area contributed by atoms with Gasteiger partial charge in [0.25, 0.3) is 0 Å². The Labute approximate surface area is 366 Å². The van der Waals surface area contributed by atoms with Crippen molar-refractivity contribution in [3.05, 3.63) is 204 Å². The van der Waals surface area contributed by atoms with Gasteiger partial charge in [-0.05, 0) is 59.7 Å². The second-order valence-corrected chi connectivity index (χ2v) is 16.5.